The molecule has 4 rings (SSSR count). The first kappa shape index (κ1) is 15.9. The molecule has 0 bridgehead atoms. The zero-order valence-corrected chi connectivity index (χ0v) is 14.6. The Morgan fingerprint density at radius 3 is 2.80 bits per heavy atom. The van der Waals surface area contributed by atoms with E-state index in [1.54, 1.807) is 18.6 Å². The van der Waals surface area contributed by atoms with Crippen LogP contribution < -0.4 is 20.1 Å². The fraction of sp³-hybridized carbons (Fsp3) is 0.500. The van der Waals surface area contributed by atoms with Crippen LogP contribution in [0.4, 0.5) is 11.6 Å². The molecule has 7 heteroatoms. The molecular formula is C18H23N5O2. The van der Waals surface area contributed by atoms with Crippen molar-refractivity contribution in [1.29, 1.82) is 0 Å². The summed E-state index contributed by atoms with van der Waals surface area (Å²) in [5.74, 6) is 2.13. The van der Waals surface area contributed by atoms with Gasteiger partial charge in [-0.05, 0) is 25.0 Å². The topological polar surface area (TPSA) is 63.5 Å². The molecule has 1 aliphatic heterocycles. The number of ether oxygens (including phenoxy) is 1. The van der Waals surface area contributed by atoms with Crippen LogP contribution in [0.3, 0.4) is 0 Å². The van der Waals surface area contributed by atoms with Gasteiger partial charge in [0.2, 0.25) is 0 Å². The third kappa shape index (κ3) is 3.18. The number of rotatable bonds is 5. The van der Waals surface area contributed by atoms with Crippen LogP contribution in [0.25, 0.3) is 0 Å². The quantitative estimate of drug-likeness (QED) is 0.825. The number of aromatic nitrogens is 3. The zero-order valence-electron chi connectivity index (χ0n) is 14.6. The summed E-state index contributed by atoms with van der Waals surface area (Å²) in [4.78, 5) is 25.3. The van der Waals surface area contributed by atoms with Crippen molar-refractivity contribution in [3.63, 3.8) is 0 Å². The van der Waals surface area contributed by atoms with E-state index in [0.717, 1.165) is 37.4 Å². The molecule has 1 aliphatic carbocycles. The zero-order chi connectivity index (χ0) is 17.4. The minimum Gasteiger partial charge on any atom is -0.485 e. The van der Waals surface area contributed by atoms with Gasteiger partial charge in [-0.15, -0.1) is 0 Å². The van der Waals surface area contributed by atoms with Crippen LogP contribution in [0.2, 0.25) is 0 Å². The molecule has 25 heavy (non-hydrogen) atoms. The van der Waals surface area contributed by atoms with Crippen LogP contribution in [0.15, 0.2) is 35.5 Å². The lowest BCUT2D eigenvalue weighted by Gasteiger charge is -2.20. The van der Waals surface area contributed by atoms with Gasteiger partial charge in [0.05, 0.1) is 6.54 Å². The number of hydrogen-bond acceptors (Lipinski definition) is 6. The van der Waals surface area contributed by atoms with Gasteiger partial charge in [-0.25, -0.2) is 9.97 Å². The molecule has 0 N–H and O–H groups in total. The van der Waals surface area contributed by atoms with E-state index in [2.05, 4.69) is 9.97 Å². The smallest absolute Gasteiger partial charge is 0.293 e. The SMILES string of the molecule is CN(C)c1ncccc1O[C@@H]1CCN(c2nccn(C3CC3)c2=O)C1. The summed E-state index contributed by atoms with van der Waals surface area (Å²) in [5.41, 5.74) is 0.0148. The highest BCUT2D eigenvalue weighted by molar-refractivity contribution is 5.51. The van der Waals surface area contributed by atoms with Crippen molar-refractivity contribution in [2.24, 2.45) is 0 Å². The Bertz CT molecular complexity index is 815. The predicted molar refractivity (Wildman–Crippen MR) is 96.6 cm³/mol. The summed E-state index contributed by atoms with van der Waals surface area (Å²) >= 11 is 0. The van der Waals surface area contributed by atoms with Gasteiger partial charge in [0.15, 0.2) is 17.4 Å². The Labute approximate surface area is 146 Å². The molecule has 3 heterocycles. The molecule has 7 nitrogen and oxygen atoms in total. The third-order valence-electron chi connectivity index (χ3n) is 4.70. The lowest BCUT2D eigenvalue weighted by atomic mass is 10.3. The van der Waals surface area contributed by atoms with Crippen LogP contribution in [0, 0.1) is 0 Å². The van der Waals surface area contributed by atoms with Crippen molar-refractivity contribution in [3.05, 3.63) is 41.1 Å². The maximum atomic E-state index is 12.6. The van der Waals surface area contributed by atoms with Gasteiger partial charge in [-0.3, -0.25) is 4.79 Å². The van der Waals surface area contributed by atoms with E-state index < -0.39 is 0 Å². The maximum absolute atomic E-state index is 12.6. The Kier molecular flexibility index (Phi) is 4.07. The minimum absolute atomic E-state index is 0.0148. The predicted octanol–water partition coefficient (Wildman–Crippen LogP) is 1.70. The Morgan fingerprint density at radius 2 is 2.04 bits per heavy atom. The van der Waals surface area contributed by atoms with Crippen LogP contribution >= 0.6 is 0 Å². The molecule has 2 aliphatic rings. The Morgan fingerprint density at radius 1 is 1.20 bits per heavy atom. The summed E-state index contributed by atoms with van der Waals surface area (Å²) in [5, 5.41) is 0. The molecule has 0 unspecified atom stereocenters. The highest BCUT2D eigenvalue weighted by Gasteiger charge is 2.30. The largest absolute Gasteiger partial charge is 0.485 e. The van der Waals surface area contributed by atoms with E-state index in [9.17, 15) is 4.79 Å². The second-order valence-electron chi connectivity index (χ2n) is 6.89. The molecule has 2 aromatic heterocycles. The van der Waals surface area contributed by atoms with Gasteiger partial charge in [0.25, 0.3) is 5.56 Å². The molecule has 0 spiro atoms. The maximum Gasteiger partial charge on any atom is 0.293 e. The van der Waals surface area contributed by atoms with Gasteiger partial charge in [-0.1, -0.05) is 0 Å². The van der Waals surface area contributed by atoms with Crippen molar-refractivity contribution in [2.45, 2.75) is 31.4 Å². The molecule has 2 fully saturated rings. The first-order chi connectivity index (χ1) is 12.1. The molecule has 0 radical (unpaired) electrons. The summed E-state index contributed by atoms with van der Waals surface area (Å²) in [7, 11) is 3.90. The van der Waals surface area contributed by atoms with E-state index in [1.165, 1.54) is 0 Å². The van der Waals surface area contributed by atoms with Gasteiger partial charge in [-0.2, -0.15) is 0 Å². The number of anilines is 2. The van der Waals surface area contributed by atoms with E-state index in [1.807, 2.05) is 40.6 Å². The van der Waals surface area contributed by atoms with Crippen molar-refractivity contribution in [1.82, 2.24) is 14.5 Å². The summed E-state index contributed by atoms with van der Waals surface area (Å²) in [6.45, 7) is 1.44. The Hall–Kier alpha value is -2.57. The van der Waals surface area contributed by atoms with Crippen LogP contribution in [0.5, 0.6) is 5.75 Å². The lowest BCUT2D eigenvalue weighted by Crippen LogP contribution is -2.33. The second kappa shape index (κ2) is 6.38. The van der Waals surface area contributed by atoms with E-state index in [-0.39, 0.29) is 11.7 Å². The highest BCUT2D eigenvalue weighted by Crippen LogP contribution is 2.33. The van der Waals surface area contributed by atoms with Crippen LogP contribution in [-0.4, -0.2) is 47.8 Å². The fourth-order valence-electron chi connectivity index (χ4n) is 3.28. The van der Waals surface area contributed by atoms with Gasteiger partial charge < -0.3 is 19.1 Å². The molecule has 0 amide bonds. The normalized spacial score (nSPS) is 19.9. The number of nitrogens with zero attached hydrogens (tertiary/aromatic N) is 5. The summed E-state index contributed by atoms with van der Waals surface area (Å²) in [6, 6.07) is 4.18. The minimum atomic E-state index is 0.0148. The third-order valence-corrected chi connectivity index (χ3v) is 4.70. The fourth-order valence-corrected chi connectivity index (χ4v) is 3.28. The van der Waals surface area contributed by atoms with E-state index in [4.69, 9.17) is 4.74 Å². The number of pyridine rings is 1. The van der Waals surface area contributed by atoms with Crippen molar-refractivity contribution in [3.8, 4) is 5.75 Å². The second-order valence-corrected chi connectivity index (χ2v) is 6.89. The molecular weight excluding hydrogens is 318 g/mol. The molecule has 1 saturated heterocycles. The van der Waals surface area contributed by atoms with Crippen molar-refractivity contribution in [2.75, 3.05) is 37.0 Å². The van der Waals surface area contributed by atoms with E-state index >= 15 is 0 Å². The molecule has 1 saturated carbocycles. The molecule has 132 valence electrons. The standard InChI is InChI=1S/C18H23N5O2/c1-21(2)16-15(4-3-8-19-16)25-14-7-10-22(12-14)17-18(24)23(11-9-20-17)13-5-6-13/h3-4,8-9,11,13-14H,5-7,10,12H2,1-2H3/t14-/m1/s1. The average molecular weight is 341 g/mol. The average Bonchev–Trinajstić information content (AvgIpc) is 3.35. The summed E-state index contributed by atoms with van der Waals surface area (Å²) in [6.07, 6.45) is 8.35. The summed E-state index contributed by atoms with van der Waals surface area (Å²) < 4.78 is 7.99. The van der Waals surface area contributed by atoms with Gasteiger partial charge in [0, 0.05) is 51.7 Å². The number of hydrogen-bond donors (Lipinski definition) is 0. The first-order valence-electron chi connectivity index (χ1n) is 8.74. The first-order valence-corrected chi connectivity index (χ1v) is 8.74. The monoisotopic (exact) mass is 341 g/mol. The van der Waals surface area contributed by atoms with Crippen molar-refractivity contribution >= 4 is 11.6 Å². The lowest BCUT2D eigenvalue weighted by molar-refractivity contribution is 0.225. The molecule has 0 aromatic carbocycles. The van der Waals surface area contributed by atoms with Gasteiger partial charge in [0.1, 0.15) is 6.10 Å². The molecule has 2 aromatic rings. The Balaban J connectivity index is 1.49. The van der Waals surface area contributed by atoms with Gasteiger partial charge >= 0.3 is 0 Å². The molecule has 1 atom stereocenters. The van der Waals surface area contributed by atoms with Crippen LogP contribution in [-0.2, 0) is 0 Å². The van der Waals surface area contributed by atoms with Crippen molar-refractivity contribution < 1.29 is 4.74 Å². The van der Waals surface area contributed by atoms with Crippen LogP contribution in [0.1, 0.15) is 25.3 Å². The highest BCUT2D eigenvalue weighted by atomic mass is 16.5. The van der Waals surface area contributed by atoms with E-state index in [0.29, 0.717) is 18.4 Å².